The van der Waals surface area contributed by atoms with Crippen LogP contribution in [-0.4, -0.2) is 113 Å². The fourth-order valence-electron chi connectivity index (χ4n) is 9.49. The van der Waals surface area contributed by atoms with Gasteiger partial charge in [0.05, 0.1) is 28.5 Å². The predicted molar refractivity (Wildman–Crippen MR) is 232 cm³/mol. The van der Waals surface area contributed by atoms with Crippen molar-refractivity contribution in [3.05, 3.63) is 99.1 Å². The van der Waals surface area contributed by atoms with Crippen molar-refractivity contribution >= 4 is 63.3 Å². The minimum Gasteiger partial charge on any atom is -0.373 e. The zero-order valence-corrected chi connectivity index (χ0v) is 34.8. The maximum atomic E-state index is 13.8. The summed E-state index contributed by atoms with van der Waals surface area (Å²) < 4.78 is 6.01. The second-order valence-corrected chi connectivity index (χ2v) is 16.8. The lowest BCUT2D eigenvalue weighted by Gasteiger charge is -2.54. The Morgan fingerprint density at radius 1 is 0.937 bits per heavy atom. The van der Waals surface area contributed by atoms with Crippen LogP contribution in [0.5, 0.6) is 0 Å². The molecule has 4 fully saturated rings. The number of hydrogen-bond donors (Lipinski definition) is 4. The fourth-order valence-corrected chi connectivity index (χ4v) is 9.49. The van der Waals surface area contributed by atoms with Gasteiger partial charge in [0.15, 0.2) is 5.65 Å². The molecule has 9 heterocycles. The van der Waals surface area contributed by atoms with Gasteiger partial charge in [0.1, 0.15) is 34.7 Å². The van der Waals surface area contributed by atoms with Gasteiger partial charge in [0.2, 0.25) is 11.8 Å². The number of carbonyl (C=O) groups excluding carboxylic acids is 4. The van der Waals surface area contributed by atoms with Crippen molar-refractivity contribution in [3.63, 3.8) is 0 Å². The standard InChI is InChI=1S/C43H46N14O6/c1-44-34-21-32(48-37-27(23-46-57(34)37)38(59)50-54-16-3-4-17-54)47-28-7-6-18-55(41(28)62)33-12-10-26(22-45-33)40(61)53-24-43(25-53)14-19-52(20-15-43)29-8-5-9-30-36(29)51(2)42(63)56(30)31-11-13-35(58)49-39(31)60/h5-10,12,18,21-23,31,44H,3-4,11,13-17,19-20,24-25H2,1-2H3,(H,47,48)(H,50,59)(H,49,58,60). The van der Waals surface area contributed by atoms with Crippen LogP contribution in [0.4, 0.5) is 23.0 Å². The number of fused-ring (bicyclic) bond motifs is 2. The topological polar surface area (TPSA) is 218 Å². The number of imidazole rings is 1. The number of aromatic nitrogens is 7. The van der Waals surface area contributed by atoms with E-state index < -0.39 is 17.5 Å². The first kappa shape index (κ1) is 39.8. The van der Waals surface area contributed by atoms with E-state index >= 15 is 0 Å². The molecule has 1 unspecified atom stereocenters. The average molecular weight is 855 g/mol. The van der Waals surface area contributed by atoms with Gasteiger partial charge in [0, 0.05) is 83.7 Å². The minimum absolute atomic E-state index is 0.0221. The number of nitrogens with one attached hydrogen (secondary N) is 4. The SMILES string of the molecule is CNc1cc(Nc2cccn(-c3ccc(C(=O)N4CC5(CCN(c6cccc7c6n(C)c(=O)n7C6CCC(=O)NC6=O)CC5)C4)cn3)c2=O)nc2c(C(=O)NN3CCCC3)cnn12. The fraction of sp³-hybridized carbons (Fsp3) is 0.372. The van der Waals surface area contributed by atoms with Crippen molar-refractivity contribution < 1.29 is 19.2 Å². The maximum absolute atomic E-state index is 13.8. The van der Waals surface area contributed by atoms with Gasteiger partial charge in [-0.3, -0.25) is 48.4 Å². The van der Waals surface area contributed by atoms with Crippen LogP contribution in [0.25, 0.3) is 22.5 Å². The van der Waals surface area contributed by atoms with Crippen LogP contribution in [0.1, 0.15) is 65.3 Å². The molecule has 0 radical (unpaired) electrons. The van der Waals surface area contributed by atoms with E-state index in [9.17, 15) is 28.8 Å². The molecule has 20 heteroatoms. The van der Waals surface area contributed by atoms with Crippen LogP contribution < -0.4 is 37.5 Å². The summed E-state index contributed by atoms with van der Waals surface area (Å²) in [6.45, 7) is 4.26. The quantitative estimate of drug-likeness (QED) is 0.154. The first-order chi connectivity index (χ1) is 30.5. The number of benzene rings is 1. The molecule has 4 amide bonds. The Bertz CT molecular complexity index is 2950. The first-order valence-corrected chi connectivity index (χ1v) is 21.2. The number of rotatable bonds is 9. The third kappa shape index (κ3) is 6.95. The van der Waals surface area contributed by atoms with E-state index in [2.05, 4.69) is 41.3 Å². The van der Waals surface area contributed by atoms with Crippen LogP contribution in [0, 0.1) is 5.41 Å². The van der Waals surface area contributed by atoms with Crippen molar-refractivity contribution in [2.45, 2.75) is 44.6 Å². The molecule has 6 aromatic rings. The summed E-state index contributed by atoms with van der Waals surface area (Å²) in [5, 5.41) is 14.8. The van der Waals surface area contributed by atoms with Crippen LogP contribution in [0.15, 0.2) is 76.7 Å². The third-order valence-electron chi connectivity index (χ3n) is 12.9. The summed E-state index contributed by atoms with van der Waals surface area (Å²) in [7, 11) is 3.44. The van der Waals surface area contributed by atoms with Crippen molar-refractivity contribution in [3.8, 4) is 5.82 Å². The normalized spacial score (nSPS) is 18.8. The third-order valence-corrected chi connectivity index (χ3v) is 12.9. The Balaban J connectivity index is 0.793. The zero-order valence-electron chi connectivity index (χ0n) is 34.8. The number of pyridine rings is 2. The Kier molecular flexibility index (Phi) is 9.80. The molecule has 324 valence electrons. The summed E-state index contributed by atoms with van der Waals surface area (Å²) in [6, 6.07) is 13.3. The van der Waals surface area contributed by atoms with Crippen molar-refractivity contribution in [1.29, 1.82) is 0 Å². The van der Waals surface area contributed by atoms with Crippen LogP contribution in [0.3, 0.4) is 0 Å². The monoisotopic (exact) mass is 854 g/mol. The number of aryl methyl sites for hydroxylation is 1. The summed E-state index contributed by atoms with van der Waals surface area (Å²) in [6.07, 6.45) is 8.76. The number of para-hydroxylation sites is 1. The lowest BCUT2D eigenvalue weighted by atomic mass is 9.71. The van der Waals surface area contributed by atoms with Crippen LogP contribution >= 0.6 is 0 Å². The van der Waals surface area contributed by atoms with Crippen molar-refractivity contribution in [2.24, 2.45) is 12.5 Å². The average Bonchev–Trinajstić information content (AvgIpc) is 4.02. The molecular weight excluding hydrogens is 809 g/mol. The molecule has 63 heavy (non-hydrogen) atoms. The van der Waals surface area contributed by atoms with E-state index in [-0.39, 0.29) is 47.4 Å². The molecular formula is C43H46N14O6. The number of anilines is 4. The number of carbonyl (C=O) groups is 4. The van der Waals surface area contributed by atoms with Crippen LogP contribution in [-0.2, 0) is 16.6 Å². The van der Waals surface area contributed by atoms with Gasteiger partial charge in [-0.25, -0.2) is 19.8 Å². The molecule has 1 aromatic carbocycles. The highest BCUT2D eigenvalue weighted by Gasteiger charge is 2.47. The Morgan fingerprint density at radius 2 is 1.73 bits per heavy atom. The second-order valence-electron chi connectivity index (χ2n) is 16.8. The van der Waals surface area contributed by atoms with Crippen molar-refractivity contribution in [1.82, 2.24) is 53.9 Å². The molecule has 1 atom stereocenters. The number of imide groups is 1. The summed E-state index contributed by atoms with van der Waals surface area (Å²) in [4.78, 5) is 91.9. The van der Waals surface area contributed by atoms with Gasteiger partial charge < -0.3 is 20.4 Å². The molecule has 4 aliphatic rings. The highest BCUT2D eigenvalue weighted by Crippen LogP contribution is 2.43. The van der Waals surface area contributed by atoms with Gasteiger partial charge in [-0.05, 0) is 68.5 Å². The molecule has 5 aromatic heterocycles. The molecule has 4 N–H and O–H groups in total. The lowest BCUT2D eigenvalue weighted by molar-refractivity contribution is -0.135. The Hall–Kier alpha value is -7.35. The van der Waals surface area contributed by atoms with Gasteiger partial charge in [0.25, 0.3) is 17.4 Å². The van der Waals surface area contributed by atoms with E-state index in [0.29, 0.717) is 52.8 Å². The summed E-state index contributed by atoms with van der Waals surface area (Å²) >= 11 is 0. The van der Waals surface area contributed by atoms with E-state index in [4.69, 9.17) is 0 Å². The first-order valence-electron chi connectivity index (χ1n) is 21.2. The highest BCUT2D eigenvalue weighted by atomic mass is 16.2. The Labute approximate surface area is 359 Å². The maximum Gasteiger partial charge on any atom is 0.329 e. The molecule has 10 rings (SSSR count). The number of amides is 4. The number of hydrazine groups is 1. The smallest absolute Gasteiger partial charge is 0.329 e. The molecule has 1 spiro atoms. The molecule has 4 aliphatic heterocycles. The summed E-state index contributed by atoms with van der Waals surface area (Å²) in [5.41, 5.74) is 5.79. The summed E-state index contributed by atoms with van der Waals surface area (Å²) in [5.74, 6) is -0.0121. The van der Waals surface area contributed by atoms with Crippen LogP contribution in [0.2, 0.25) is 0 Å². The van der Waals surface area contributed by atoms with E-state index in [1.807, 2.05) is 28.1 Å². The molecule has 0 saturated carbocycles. The number of piperidine rings is 2. The van der Waals surface area contributed by atoms with Gasteiger partial charge in [-0.1, -0.05) is 6.07 Å². The number of nitrogens with zero attached hydrogens (tertiary/aromatic N) is 10. The number of likely N-dealkylation sites (tertiary alicyclic amines) is 1. The van der Waals surface area contributed by atoms with Gasteiger partial charge >= 0.3 is 5.69 Å². The van der Waals surface area contributed by atoms with E-state index in [1.54, 1.807) is 55.2 Å². The predicted octanol–water partition coefficient (Wildman–Crippen LogP) is 2.17. The zero-order chi connectivity index (χ0) is 43.6. The van der Waals surface area contributed by atoms with E-state index in [1.165, 1.54) is 26.0 Å². The Morgan fingerprint density at radius 3 is 2.46 bits per heavy atom. The highest BCUT2D eigenvalue weighted by molar-refractivity contribution is 6.01. The van der Waals surface area contributed by atoms with Gasteiger partial charge in [-0.2, -0.15) is 9.61 Å². The largest absolute Gasteiger partial charge is 0.373 e. The number of hydrogen-bond acceptors (Lipinski definition) is 13. The minimum atomic E-state index is -0.752. The molecule has 0 aliphatic carbocycles. The van der Waals surface area contributed by atoms with Gasteiger partial charge in [-0.15, -0.1) is 0 Å². The van der Waals surface area contributed by atoms with E-state index in [0.717, 1.165) is 63.1 Å². The second kappa shape index (κ2) is 15.5. The molecule has 20 nitrogen and oxygen atoms in total. The molecule has 0 bridgehead atoms. The lowest BCUT2D eigenvalue weighted by Crippen LogP contribution is -2.62. The van der Waals surface area contributed by atoms with Crippen molar-refractivity contribution in [2.75, 3.05) is 61.8 Å². The molecule has 4 saturated heterocycles.